The Kier molecular flexibility index (Phi) is 1.96. The van der Waals surface area contributed by atoms with Gasteiger partial charge < -0.3 is 0 Å². The summed E-state index contributed by atoms with van der Waals surface area (Å²) < 4.78 is 1.98. The number of rotatable bonds is 1. The Hall–Kier alpha value is -1.83. The van der Waals surface area contributed by atoms with E-state index in [0.717, 1.165) is 6.42 Å². The van der Waals surface area contributed by atoms with Crippen molar-refractivity contribution in [1.29, 1.82) is 0 Å². The summed E-state index contributed by atoms with van der Waals surface area (Å²) in [7, 11) is 0. The molecule has 0 unspecified atom stereocenters. The van der Waals surface area contributed by atoms with Crippen molar-refractivity contribution in [2.75, 3.05) is 0 Å². The standard InChI is InChI=1S/C14H14N2/c1-10-5-3-6-12-9-11(2)14(13(10)12)16-8-4-7-15-16/h3-8H,9H2,1-2H3. The molecule has 0 radical (unpaired) electrons. The van der Waals surface area contributed by atoms with E-state index in [0.29, 0.717) is 0 Å². The highest BCUT2D eigenvalue weighted by atomic mass is 15.3. The fourth-order valence-electron chi connectivity index (χ4n) is 2.51. The fraction of sp³-hybridized carbons (Fsp3) is 0.214. The second-order valence-corrected chi connectivity index (χ2v) is 4.37. The molecule has 80 valence electrons. The summed E-state index contributed by atoms with van der Waals surface area (Å²) in [5.41, 5.74) is 6.78. The van der Waals surface area contributed by atoms with Gasteiger partial charge >= 0.3 is 0 Å². The van der Waals surface area contributed by atoms with Gasteiger partial charge in [0, 0.05) is 18.0 Å². The number of aryl methyl sites for hydroxylation is 1. The number of hydrogen-bond donors (Lipinski definition) is 0. The van der Waals surface area contributed by atoms with Gasteiger partial charge in [-0.2, -0.15) is 5.10 Å². The maximum absolute atomic E-state index is 4.35. The van der Waals surface area contributed by atoms with Crippen molar-refractivity contribution in [3.05, 3.63) is 58.9 Å². The number of hydrogen-bond acceptors (Lipinski definition) is 1. The Morgan fingerprint density at radius 2 is 2.06 bits per heavy atom. The highest BCUT2D eigenvalue weighted by Gasteiger charge is 2.21. The maximum Gasteiger partial charge on any atom is 0.0715 e. The molecular weight excluding hydrogens is 196 g/mol. The fourth-order valence-corrected chi connectivity index (χ4v) is 2.51. The van der Waals surface area contributed by atoms with Crippen molar-refractivity contribution in [1.82, 2.24) is 9.78 Å². The molecule has 0 bridgehead atoms. The first-order chi connectivity index (χ1) is 7.77. The maximum atomic E-state index is 4.35. The monoisotopic (exact) mass is 210 g/mol. The molecule has 2 heteroatoms. The van der Waals surface area contributed by atoms with Crippen molar-refractivity contribution >= 4 is 5.70 Å². The quantitative estimate of drug-likeness (QED) is 0.707. The molecule has 0 spiro atoms. The molecule has 1 aromatic heterocycles. The van der Waals surface area contributed by atoms with E-state index in [1.54, 1.807) is 0 Å². The largest absolute Gasteiger partial charge is 0.240 e. The van der Waals surface area contributed by atoms with Crippen LogP contribution < -0.4 is 0 Å². The zero-order valence-corrected chi connectivity index (χ0v) is 9.57. The minimum Gasteiger partial charge on any atom is -0.240 e. The Morgan fingerprint density at radius 3 is 2.81 bits per heavy atom. The van der Waals surface area contributed by atoms with Crippen molar-refractivity contribution in [3.8, 4) is 0 Å². The van der Waals surface area contributed by atoms with Crippen LogP contribution in [0.2, 0.25) is 0 Å². The Morgan fingerprint density at radius 1 is 1.19 bits per heavy atom. The minimum absolute atomic E-state index is 1.05. The summed E-state index contributed by atoms with van der Waals surface area (Å²) in [6.07, 6.45) is 4.89. The zero-order valence-electron chi connectivity index (χ0n) is 9.57. The lowest BCUT2D eigenvalue weighted by atomic mass is 10.0. The molecule has 1 aromatic carbocycles. The van der Waals surface area contributed by atoms with E-state index < -0.39 is 0 Å². The van der Waals surface area contributed by atoms with Crippen molar-refractivity contribution in [2.45, 2.75) is 20.3 Å². The van der Waals surface area contributed by atoms with Crippen LogP contribution >= 0.6 is 0 Å². The lowest BCUT2D eigenvalue weighted by molar-refractivity contribution is 0.898. The molecule has 2 aromatic rings. The van der Waals surface area contributed by atoms with E-state index in [2.05, 4.69) is 37.1 Å². The van der Waals surface area contributed by atoms with Gasteiger partial charge in [-0.25, -0.2) is 4.68 Å². The van der Waals surface area contributed by atoms with Gasteiger partial charge in [-0.05, 0) is 43.0 Å². The third-order valence-corrected chi connectivity index (χ3v) is 3.19. The van der Waals surface area contributed by atoms with Gasteiger partial charge in [0.25, 0.3) is 0 Å². The number of benzene rings is 1. The van der Waals surface area contributed by atoms with E-state index in [9.17, 15) is 0 Å². The van der Waals surface area contributed by atoms with E-state index in [-0.39, 0.29) is 0 Å². The highest BCUT2D eigenvalue weighted by Crippen LogP contribution is 2.35. The van der Waals surface area contributed by atoms with Gasteiger partial charge in [-0.3, -0.25) is 0 Å². The summed E-state index contributed by atoms with van der Waals surface area (Å²) in [5, 5.41) is 4.35. The highest BCUT2D eigenvalue weighted by molar-refractivity contribution is 5.77. The molecule has 2 nitrogen and oxygen atoms in total. The number of allylic oxidation sites excluding steroid dienone is 1. The number of fused-ring (bicyclic) bond motifs is 1. The van der Waals surface area contributed by atoms with Crippen LogP contribution in [0.5, 0.6) is 0 Å². The van der Waals surface area contributed by atoms with Crippen LogP contribution in [0, 0.1) is 6.92 Å². The van der Waals surface area contributed by atoms with Crippen molar-refractivity contribution in [3.63, 3.8) is 0 Å². The van der Waals surface area contributed by atoms with Crippen LogP contribution in [-0.2, 0) is 6.42 Å². The normalized spacial score (nSPS) is 14.4. The van der Waals surface area contributed by atoms with Gasteiger partial charge in [0.2, 0.25) is 0 Å². The van der Waals surface area contributed by atoms with Gasteiger partial charge in [-0.1, -0.05) is 18.2 Å². The summed E-state index contributed by atoms with van der Waals surface area (Å²) >= 11 is 0. The molecule has 0 atom stereocenters. The predicted molar refractivity (Wildman–Crippen MR) is 65.1 cm³/mol. The van der Waals surface area contributed by atoms with Crippen LogP contribution in [0.3, 0.4) is 0 Å². The predicted octanol–water partition coefficient (Wildman–Crippen LogP) is 3.03. The SMILES string of the molecule is CC1=C(n2cccn2)c2c(C)cccc2C1. The Balaban J connectivity index is 2.25. The third kappa shape index (κ3) is 1.23. The first-order valence-electron chi connectivity index (χ1n) is 5.56. The third-order valence-electron chi connectivity index (χ3n) is 3.19. The minimum atomic E-state index is 1.05. The molecule has 0 saturated carbocycles. The van der Waals surface area contributed by atoms with E-state index in [1.807, 2.05) is 23.1 Å². The van der Waals surface area contributed by atoms with E-state index >= 15 is 0 Å². The Labute approximate surface area is 95.2 Å². The second-order valence-electron chi connectivity index (χ2n) is 4.37. The summed E-state index contributed by atoms with van der Waals surface area (Å²) in [6, 6.07) is 8.48. The lowest BCUT2D eigenvalue weighted by Gasteiger charge is -2.09. The first kappa shape index (κ1) is 9.40. The van der Waals surface area contributed by atoms with Crippen molar-refractivity contribution in [2.24, 2.45) is 0 Å². The molecule has 0 fully saturated rings. The number of aromatic nitrogens is 2. The van der Waals surface area contributed by atoms with E-state index in [4.69, 9.17) is 0 Å². The second kappa shape index (κ2) is 3.34. The van der Waals surface area contributed by atoms with E-state index in [1.165, 1.54) is 28.0 Å². The van der Waals surface area contributed by atoms with Crippen molar-refractivity contribution < 1.29 is 0 Å². The molecular formula is C14H14N2. The van der Waals surface area contributed by atoms with Crippen LogP contribution in [0.15, 0.2) is 42.2 Å². The van der Waals surface area contributed by atoms with Gasteiger partial charge in [0.1, 0.15) is 0 Å². The zero-order chi connectivity index (χ0) is 11.1. The van der Waals surface area contributed by atoms with Crippen LogP contribution in [0.25, 0.3) is 5.70 Å². The summed E-state index contributed by atoms with van der Waals surface area (Å²) in [6.45, 7) is 4.36. The first-order valence-corrected chi connectivity index (χ1v) is 5.56. The molecule has 0 amide bonds. The lowest BCUT2D eigenvalue weighted by Crippen LogP contribution is -2.00. The average molecular weight is 210 g/mol. The molecule has 0 saturated heterocycles. The summed E-state index contributed by atoms with van der Waals surface area (Å²) in [5.74, 6) is 0. The van der Waals surface area contributed by atoms with Gasteiger partial charge in [0.05, 0.1) is 5.70 Å². The number of nitrogens with zero attached hydrogens (tertiary/aromatic N) is 2. The summed E-state index contributed by atoms with van der Waals surface area (Å²) in [4.78, 5) is 0. The molecule has 0 aliphatic heterocycles. The molecule has 1 heterocycles. The molecule has 1 aliphatic carbocycles. The van der Waals surface area contributed by atoms with Crippen LogP contribution in [0.4, 0.5) is 0 Å². The average Bonchev–Trinajstić information content (AvgIpc) is 2.84. The molecule has 0 N–H and O–H groups in total. The van der Waals surface area contributed by atoms with Crippen LogP contribution in [-0.4, -0.2) is 9.78 Å². The van der Waals surface area contributed by atoms with Gasteiger partial charge in [0.15, 0.2) is 0 Å². The Bertz CT molecular complexity index is 562. The smallest absolute Gasteiger partial charge is 0.0715 e. The topological polar surface area (TPSA) is 17.8 Å². The molecule has 1 aliphatic rings. The van der Waals surface area contributed by atoms with Crippen LogP contribution in [0.1, 0.15) is 23.6 Å². The molecule has 16 heavy (non-hydrogen) atoms. The molecule has 3 rings (SSSR count). The van der Waals surface area contributed by atoms with Gasteiger partial charge in [-0.15, -0.1) is 0 Å².